The molecule has 1 aromatic heterocycles. The van der Waals surface area contributed by atoms with Crippen molar-refractivity contribution in [2.75, 3.05) is 12.9 Å². The average molecular weight is 382 g/mol. The van der Waals surface area contributed by atoms with E-state index in [4.69, 9.17) is 11.6 Å². The normalized spacial score (nSPS) is 10.3. The van der Waals surface area contributed by atoms with E-state index in [1.807, 2.05) is 6.07 Å². The Morgan fingerprint density at radius 3 is 2.88 bits per heavy atom. The molecule has 0 atom stereocenters. The number of amides is 1. The summed E-state index contributed by atoms with van der Waals surface area (Å²) in [6, 6.07) is 8.41. The van der Waals surface area contributed by atoms with Crippen LogP contribution in [-0.4, -0.2) is 34.7 Å². The number of ether oxygens (including phenoxy) is 1. The number of hydrogen-bond acceptors (Lipinski definition) is 6. The van der Waals surface area contributed by atoms with Crippen LogP contribution in [-0.2, 0) is 27.3 Å². The van der Waals surface area contributed by atoms with E-state index in [9.17, 15) is 14.4 Å². The number of nitrogens with zero attached hydrogens (tertiary/aromatic N) is 1. The number of hydrogen-bond donors (Lipinski definition) is 2. The second kappa shape index (κ2) is 9.24. The van der Waals surface area contributed by atoms with Gasteiger partial charge in [0.25, 0.3) is 5.56 Å². The number of esters is 1. The molecule has 2 aromatic rings. The molecule has 0 aliphatic rings. The molecule has 25 heavy (non-hydrogen) atoms. The van der Waals surface area contributed by atoms with Crippen molar-refractivity contribution >= 4 is 35.2 Å². The minimum Gasteiger partial charge on any atom is -0.469 e. The number of rotatable bonds is 7. The van der Waals surface area contributed by atoms with Crippen molar-refractivity contribution in [1.82, 2.24) is 15.3 Å². The van der Waals surface area contributed by atoms with Crippen molar-refractivity contribution in [3.8, 4) is 0 Å². The Labute approximate surface area is 153 Å². The number of aromatic amines is 1. The number of halogens is 1. The van der Waals surface area contributed by atoms with Gasteiger partial charge in [0, 0.05) is 17.6 Å². The SMILES string of the molecule is COC(=O)Cc1cc(=O)[nH]c(SCC(=O)NCc2cccc(Cl)c2)n1. The summed E-state index contributed by atoms with van der Waals surface area (Å²) in [4.78, 5) is 41.4. The van der Waals surface area contributed by atoms with Crippen LogP contribution < -0.4 is 10.9 Å². The molecule has 0 fully saturated rings. The molecule has 132 valence electrons. The van der Waals surface area contributed by atoms with Gasteiger partial charge in [0.15, 0.2) is 5.16 Å². The first-order valence-corrected chi connectivity index (χ1v) is 8.63. The lowest BCUT2D eigenvalue weighted by Crippen LogP contribution is -2.25. The van der Waals surface area contributed by atoms with Crippen LogP contribution in [0.15, 0.2) is 40.3 Å². The van der Waals surface area contributed by atoms with Gasteiger partial charge in [0.1, 0.15) is 0 Å². The molecule has 2 rings (SSSR count). The Morgan fingerprint density at radius 1 is 1.36 bits per heavy atom. The molecule has 1 heterocycles. The molecule has 0 aliphatic carbocycles. The fourth-order valence-corrected chi connectivity index (χ4v) is 2.83. The van der Waals surface area contributed by atoms with E-state index in [2.05, 4.69) is 20.0 Å². The number of aromatic nitrogens is 2. The highest BCUT2D eigenvalue weighted by atomic mass is 35.5. The lowest BCUT2D eigenvalue weighted by atomic mass is 10.2. The van der Waals surface area contributed by atoms with Gasteiger partial charge < -0.3 is 15.0 Å². The maximum absolute atomic E-state index is 11.9. The molecule has 9 heteroatoms. The summed E-state index contributed by atoms with van der Waals surface area (Å²) in [5.41, 5.74) is 0.783. The lowest BCUT2D eigenvalue weighted by Gasteiger charge is -2.06. The highest BCUT2D eigenvalue weighted by molar-refractivity contribution is 7.99. The maximum atomic E-state index is 11.9. The predicted octanol–water partition coefficient (Wildman–Crippen LogP) is 1.55. The molecule has 0 aliphatic heterocycles. The number of thioether (sulfide) groups is 1. The molecular weight excluding hydrogens is 366 g/mol. The van der Waals surface area contributed by atoms with Crippen LogP contribution in [0.1, 0.15) is 11.3 Å². The first kappa shape index (κ1) is 19.0. The molecule has 0 saturated carbocycles. The highest BCUT2D eigenvalue weighted by Gasteiger charge is 2.09. The minimum absolute atomic E-state index is 0.0746. The summed E-state index contributed by atoms with van der Waals surface area (Å²) in [7, 11) is 1.26. The molecule has 0 saturated heterocycles. The fourth-order valence-electron chi connectivity index (χ4n) is 1.89. The Morgan fingerprint density at radius 2 is 2.16 bits per heavy atom. The Hall–Kier alpha value is -2.32. The van der Waals surface area contributed by atoms with Gasteiger partial charge in [-0.05, 0) is 17.7 Å². The number of nitrogens with one attached hydrogen (secondary N) is 2. The molecular formula is C16H16ClN3O4S. The van der Waals surface area contributed by atoms with E-state index < -0.39 is 11.5 Å². The topological polar surface area (TPSA) is 101 Å². The third-order valence-corrected chi connectivity index (χ3v) is 4.15. The van der Waals surface area contributed by atoms with E-state index in [0.717, 1.165) is 17.3 Å². The number of carbonyl (C=O) groups excluding carboxylic acids is 2. The zero-order valence-electron chi connectivity index (χ0n) is 13.4. The highest BCUT2D eigenvalue weighted by Crippen LogP contribution is 2.12. The minimum atomic E-state index is -0.492. The predicted molar refractivity (Wildman–Crippen MR) is 94.6 cm³/mol. The summed E-state index contributed by atoms with van der Waals surface area (Å²) in [5, 5.41) is 3.62. The Balaban J connectivity index is 1.88. The number of methoxy groups -OCH3 is 1. The zero-order chi connectivity index (χ0) is 18.2. The lowest BCUT2D eigenvalue weighted by molar-refractivity contribution is -0.139. The van der Waals surface area contributed by atoms with Crippen LogP contribution in [0.25, 0.3) is 0 Å². The molecule has 0 unspecified atom stereocenters. The van der Waals surface area contributed by atoms with Crippen LogP contribution in [0.5, 0.6) is 0 Å². The van der Waals surface area contributed by atoms with Crippen LogP contribution in [0.2, 0.25) is 5.02 Å². The van der Waals surface area contributed by atoms with E-state index in [1.54, 1.807) is 18.2 Å². The van der Waals surface area contributed by atoms with E-state index in [-0.39, 0.29) is 28.9 Å². The summed E-state index contributed by atoms with van der Waals surface area (Å²) in [6.07, 6.45) is -0.102. The van der Waals surface area contributed by atoms with Crippen molar-refractivity contribution in [1.29, 1.82) is 0 Å². The average Bonchev–Trinajstić information content (AvgIpc) is 2.57. The second-order valence-corrected chi connectivity index (χ2v) is 6.39. The van der Waals surface area contributed by atoms with Gasteiger partial charge in [0.05, 0.1) is 25.0 Å². The van der Waals surface area contributed by atoms with E-state index in [0.29, 0.717) is 11.6 Å². The monoisotopic (exact) mass is 381 g/mol. The molecule has 1 amide bonds. The van der Waals surface area contributed by atoms with Gasteiger partial charge >= 0.3 is 5.97 Å². The van der Waals surface area contributed by atoms with Crippen LogP contribution in [0.4, 0.5) is 0 Å². The van der Waals surface area contributed by atoms with Gasteiger partial charge in [-0.25, -0.2) is 4.98 Å². The first-order valence-electron chi connectivity index (χ1n) is 7.27. The first-order chi connectivity index (χ1) is 12.0. The Kier molecular flexibility index (Phi) is 7.03. The van der Waals surface area contributed by atoms with Gasteiger partial charge in [-0.1, -0.05) is 35.5 Å². The summed E-state index contributed by atoms with van der Waals surface area (Å²) in [5.74, 6) is -0.634. The van der Waals surface area contributed by atoms with Crippen molar-refractivity contribution in [3.63, 3.8) is 0 Å². The fraction of sp³-hybridized carbons (Fsp3) is 0.250. The van der Waals surface area contributed by atoms with Crippen molar-refractivity contribution in [2.45, 2.75) is 18.1 Å². The standard InChI is InChI=1S/C16H16ClN3O4S/c1-24-15(23)7-12-6-13(21)20-16(19-12)25-9-14(22)18-8-10-3-2-4-11(17)5-10/h2-6H,7-9H2,1H3,(H,18,22)(H,19,20,21). The van der Waals surface area contributed by atoms with Crippen molar-refractivity contribution in [3.05, 3.63) is 57.0 Å². The van der Waals surface area contributed by atoms with Gasteiger partial charge in [-0.2, -0.15) is 0 Å². The van der Waals surface area contributed by atoms with Gasteiger partial charge in [-0.3, -0.25) is 14.4 Å². The smallest absolute Gasteiger partial charge is 0.311 e. The third-order valence-electron chi connectivity index (χ3n) is 3.04. The summed E-state index contributed by atoms with van der Waals surface area (Å²) in [6.45, 7) is 0.353. The molecule has 7 nitrogen and oxygen atoms in total. The number of H-pyrrole nitrogens is 1. The molecule has 0 bridgehead atoms. The van der Waals surface area contributed by atoms with Crippen LogP contribution >= 0.6 is 23.4 Å². The third kappa shape index (κ3) is 6.60. The van der Waals surface area contributed by atoms with Crippen molar-refractivity contribution in [2.24, 2.45) is 0 Å². The quantitative estimate of drug-likeness (QED) is 0.428. The molecule has 1 aromatic carbocycles. The largest absolute Gasteiger partial charge is 0.469 e. The summed E-state index contributed by atoms with van der Waals surface area (Å²) >= 11 is 6.96. The van der Waals surface area contributed by atoms with Gasteiger partial charge in [0.2, 0.25) is 5.91 Å². The molecule has 2 N–H and O–H groups in total. The van der Waals surface area contributed by atoms with Crippen LogP contribution in [0.3, 0.4) is 0 Å². The molecule has 0 radical (unpaired) electrons. The van der Waals surface area contributed by atoms with Crippen LogP contribution in [0, 0.1) is 0 Å². The van der Waals surface area contributed by atoms with E-state index in [1.165, 1.54) is 13.2 Å². The second-order valence-electron chi connectivity index (χ2n) is 4.99. The maximum Gasteiger partial charge on any atom is 0.311 e. The number of carbonyl (C=O) groups is 2. The number of benzene rings is 1. The van der Waals surface area contributed by atoms with Gasteiger partial charge in [-0.15, -0.1) is 0 Å². The van der Waals surface area contributed by atoms with Crippen molar-refractivity contribution < 1.29 is 14.3 Å². The summed E-state index contributed by atoms with van der Waals surface area (Å²) < 4.78 is 4.54. The Bertz CT molecular complexity index is 825. The molecule has 0 spiro atoms. The van der Waals surface area contributed by atoms with E-state index >= 15 is 0 Å². The zero-order valence-corrected chi connectivity index (χ0v) is 14.9.